The number of nitrogens with zero attached hydrogens (tertiary/aromatic N) is 2. The fourth-order valence-electron chi connectivity index (χ4n) is 2.54. The number of benzene rings is 1. The number of ether oxygens (including phenoxy) is 2. The highest BCUT2D eigenvalue weighted by Gasteiger charge is 2.17. The minimum atomic E-state index is -0.368. The Morgan fingerprint density at radius 2 is 1.96 bits per heavy atom. The lowest BCUT2D eigenvalue weighted by atomic mass is 10.2. The number of aromatic nitrogens is 2. The normalized spacial score (nSPS) is 10.7. The number of esters is 1. The predicted octanol–water partition coefficient (Wildman–Crippen LogP) is 3.78. The van der Waals surface area contributed by atoms with Gasteiger partial charge in [0.15, 0.2) is 0 Å². The first-order chi connectivity index (χ1) is 12.0. The van der Waals surface area contributed by atoms with Crippen molar-refractivity contribution in [2.24, 2.45) is 0 Å². The van der Waals surface area contributed by atoms with Crippen molar-refractivity contribution in [3.8, 4) is 5.75 Å². The zero-order chi connectivity index (χ0) is 18.0. The van der Waals surface area contributed by atoms with Crippen LogP contribution in [0, 0.1) is 13.8 Å². The molecule has 3 aromatic rings. The van der Waals surface area contributed by atoms with Crippen LogP contribution < -0.4 is 10.1 Å². The molecule has 1 N–H and O–H groups in total. The number of fused-ring (bicyclic) bond motifs is 1. The molecule has 0 saturated heterocycles. The van der Waals surface area contributed by atoms with Crippen molar-refractivity contribution >= 4 is 39.0 Å². The Hall–Kier alpha value is -2.67. The van der Waals surface area contributed by atoms with Crippen molar-refractivity contribution in [2.45, 2.75) is 20.3 Å². The molecule has 0 aliphatic carbocycles. The third kappa shape index (κ3) is 3.41. The topological polar surface area (TPSA) is 73.3 Å². The zero-order valence-electron chi connectivity index (χ0n) is 14.5. The average molecular weight is 357 g/mol. The number of thiophene rings is 1. The van der Waals surface area contributed by atoms with Gasteiger partial charge in [-0.25, -0.2) is 9.97 Å². The van der Waals surface area contributed by atoms with E-state index >= 15 is 0 Å². The number of hydrogen-bond donors (Lipinski definition) is 1. The van der Waals surface area contributed by atoms with Gasteiger partial charge in [0.25, 0.3) is 0 Å². The molecule has 0 saturated carbocycles. The molecular weight excluding hydrogens is 338 g/mol. The van der Waals surface area contributed by atoms with E-state index in [2.05, 4.69) is 22.2 Å². The first-order valence-corrected chi connectivity index (χ1v) is 8.58. The molecule has 7 heteroatoms. The maximum Gasteiger partial charge on any atom is 0.313 e. The summed E-state index contributed by atoms with van der Waals surface area (Å²) in [6.07, 6.45) is 0.0308. The summed E-state index contributed by atoms with van der Waals surface area (Å²) in [5.74, 6) is 1.44. The highest BCUT2D eigenvalue weighted by molar-refractivity contribution is 7.18. The molecule has 130 valence electrons. The van der Waals surface area contributed by atoms with Crippen LogP contribution in [0.15, 0.2) is 24.3 Å². The largest absolute Gasteiger partial charge is 0.495 e. The van der Waals surface area contributed by atoms with E-state index in [1.807, 2.05) is 31.2 Å². The monoisotopic (exact) mass is 357 g/mol. The van der Waals surface area contributed by atoms with Crippen LogP contribution in [0.3, 0.4) is 0 Å². The van der Waals surface area contributed by atoms with Crippen LogP contribution in [0.4, 0.5) is 11.5 Å². The van der Waals surface area contributed by atoms with E-state index in [1.54, 1.807) is 18.4 Å². The third-order valence-corrected chi connectivity index (χ3v) is 5.07. The van der Waals surface area contributed by atoms with Gasteiger partial charge in [0.2, 0.25) is 0 Å². The quantitative estimate of drug-likeness (QED) is 0.701. The second-order valence-electron chi connectivity index (χ2n) is 5.53. The lowest BCUT2D eigenvalue weighted by Gasteiger charge is -2.12. The number of methoxy groups -OCH3 is 2. The summed E-state index contributed by atoms with van der Waals surface area (Å²) in [6.45, 7) is 4.10. The zero-order valence-corrected chi connectivity index (χ0v) is 15.4. The number of aryl methyl sites for hydroxylation is 2. The van der Waals surface area contributed by atoms with Gasteiger partial charge in [0.1, 0.15) is 28.6 Å². The minimum Gasteiger partial charge on any atom is -0.495 e. The number of carbonyl (C=O) groups excluding carboxylic acids is 1. The van der Waals surface area contributed by atoms with E-state index in [-0.39, 0.29) is 12.4 Å². The van der Waals surface area contributed by atoms with Crippen LogP contribution in [0.25, 0.3) is 10.2 Å². The summed E-state index contributed by atoms with van der Waals surface area (Å²) in [6, 6.07) is 7.62. The number of hydrogen-bond acceptors (Lipinski definition) is 7. The second kappa shape index (κ2) is 7.06. The van der Waals surface area contributed by atoms with Crippen molar-refractivity contribution in [2.75, 3.05) is 19.5 Å². The fourth-order valence-corrected chi connectivity index (χ4v) is 3.59. The summed E-state index contributed by atoms with van der Waals surface area (Å²) in [7, 11) is 2.98. The van der Waals surface area contributed by atoms with Crippen molar-refractivity contribution in [3.63, 3.8) is 0 Å². The Balaban J connectivity index is 2.12. The van der Waals surface area contributed by atoms with Crippen molar-refractivity contribution < 1.29 is 14.3 Å². The highest BCUT2D eigenvalue weighted by atomic mass is 32.1. The van der Waals surface area contributed by atoms with Crippen molar-refractivity contribution in [1.29, 1.82) is 0 Å². The molecule has 0 unspecified atom stereocenters. The molecule has 0 bridgehead atoms. The van der Waals surface area contributed by atoms with E-state index in [0.717, 1.165) is 21.5 Å². The van der Waals surface area contributed by atoms with Crippen LogP contribution in [-0.4, -0.2) is 30.2 Å². The highest BCUT2D eigenvalue weighted by Crippen LogP contribution is 2.36. The molecule has 0 radical (unpaired) electrons. The van der Waals surface area contributed by atoms with Crippen LogP contribution in [-0.2, 0) is 16.0 Å². The van der Waals surface area contributed by atoms with Crippen LogP contribution in [0.1, 0.15) is 16.3 Å². The van der Waals surface area contributed by atoms with Crippen LogP contribution >= 0.6 is 11.3 Å². The number of anilines is 2. The smallest absolute Gasteiger partial charge is 0.313 e. The standard InChI is InChI=1S/C18H19N3O3S/c1-10-11(2)25-18-16(10)17(20-14(21-18)9-15(22)24-4)19-12-7-5-6-8-13(12)23-3/h5-8H,9H2,1-4H3,(H,19,20,21). The van der Waals surface area contributed by atoms with E-state index in [1.165, 1.54) is 12.0 Å². The van der Waals surface area contributed by atoms with Crippen LogP contribution in [0.2, 0.25) is 0 Å². The molecule has 0 aliphatic rings. The second-order valence-corrected chi connectivity index (χ2v) is 6.73. The van der Waals surface area contributed by atoms with E-state index in [9.17, 15) is 4.79 Å². The summed E-state index contributed by atoms with van der Waals surface area (Å²) < 4.78 is 10.1. The number of carbonyl (C=O) groups is 1. The number of para-hydroxylation sites is 2. The summed E-state index contributed by atoms with van der Waals surface area (Å²) >= 11 is 1.59. The first kappa shape index (κ1) is 17.2. The molecule has 0 fully saturated rings. The summed E-state index contributed by atoms with van der Waals surface area (Å²) in [5.41, 5.74) is 1.93. The molecule has 0 aliphatic heterocycles. The molecule has 2 aromatic heterocycles. The molecule has 1 aromatic carbocycles. The van der Waals surface area contributed by atoms with Gasteiger partial charge in [-0.05, 0) is 31.5 Å². The van der Waals surface area contributed by atoms with Gasteiger partial charge in [0.05, 0.1) is 25.3 Å². The Morgan fingerprint density at radius 3 is 2.68 bits per heavy atom. The maximum absolute atomic E-state index is 11.6. The molecule has 6 nitrogen and oxygen atoms in total. The molecular formula is C18H19N3O3S. The van der Waals surface area contributed by atoms with Gasteiger partial charge in [-0.2, -0.15) is 0 Å². The molecule has 2 heterocycles. The van der Waals surface area contributed by atoms with E-state index in [0.29, 0.717) is 17.4 Å². The van der Waals surface area contributed by atoms with Crippen LogP contribution in [0.5, 0.6) is 5.75 Å². The van der Waals surface area contributed by atoms with Gasteiger partial charge < -0.3 is 14.8 Å². The van der Waals surface area contributed by atoms with E-state index in [4.69, 9.17) is 9.47 Å². The Bertz CT molecular complexity index is 937. The minimum absolute atomic E-state index is 0.0308. The fraction of sp³-hybridized carbons (Fsp3) is 0.278. The lowest BCUT2D eigenvalue weighted by molar-refractivity contribution is -0.139. The maximum atomic E-state index is 11.6. The van der Waals surface area contributed by atoms with Crippen molar-refractivity contribution in [1.82, 2.24) is 9.97 Å². The molecule has 0 spiro atoms. The SMILES string of the molecule is COC(=O)Cc1nc(Nc2ccccc2OC)c2c(C)c(C)sc2n1. The first-order valence-electron chi connectivity index (χ1n) is 7.77. The van der Waals surface area contributed by atoms with Gasteiger partial charge >= 0.3 is 5.97 Å². The third-order valence-electron chi connectivity index (χ3n) is 3.97. The number of rotatable bonds is 5. The predicted molar refractivity (Wildman–Crippen MR) is 98.9 cm³/mol. The van der Waals surface area contributed by atoms with Gasteiger partial charge in [-0.15, -0.1) is 11.3 Å². The molecule has 25 heavy (non-hydrogen) atoms. The van der Waals surface area contributed by atoms with Gasteiger partial charge in [0, 0.05) is 4.88 Å². The Labute approximate surface area is 149 Å². The summed E-state index contributed by atoms with van der Waals surface area (Å²) in [5, 5.41) is 4.29. The molecule has 0 atom stereocenters. The summed E-state index contributed by atoms with van der Waals surface area (Å²) in [4.78, 5) is 22.7. The Kier molecular flexibility index (Phi) is 4.85. The Morgan fingerprint density at radius 1 is 1.20 bits per heavy atom. The van der Waals surface area contributed by atoms with Crippen molar-refractivity contribution in [3.05, 3.63) is 40.5 Å². The molecule has 3 rings (SSSR count). The van der Waals surface area contributed by atoms with Gasteiger partial charge in [-0.1, -0.05) is 12.1 Å². The van der Waals surface area contributed by atoms with Gasteiger partial charge in [-0.3, -0.25) is 4.79 Å². The van der Waals surface area contributed by atoms with E-state index < -0.39 is 0 Å². The average Bonchev–Trinajstić information content (AvgIpc) is 2.89. The molecule has 0 amide bonds. The lowest BCUT2D eigenvalue weighted by Crippen LogP contribution is -2.09. The number of nitrogens with one attached hydrogen (secondary N) is 1.